The Labute approximate surface area is 120 Å². The van der Waals surface area contributed by atoms with Gasteiger partial charge in [-0.2, -0.15) is 0 Å². The molecule has 0 aliphatic carbocycles. The second-order valence-corrected chi connectivity index (χ2v) is 5.35. The number of nitrogens with zero attached hydrogens (tertiary/aromatic N) is 1. The standard InChI is InChI=1S/C13H19BFNO3/c1-6-17-11-10(15)7-9(8-16-11)14-18-12(2,3)13(4,5)19-14/h7-8H,6H2,1-5H3/i1D3,6D2. The van der Waals surface area contributed by atoms with Gasteiger partial charge in [-0.15, -0.1) is 0 Å². The Morgan fingerprint density at radius 1 is 1.42 bits per heavy atom. The predicted octanol–water partition coefficient (Wildman–Crippen LogP) is 1.92. The fourth-order valence-electron chi connectivity index (χ4n) is 1.67. The first-order chi connectivity index (χ1) is 10.7. The van der Waals surface area contributed by atoms with Crippen LogP contribution in [-0.4, -0.2) is 29.9 Å². The fraction of sp³-hybridized carbons (Fsp3) is 0.615. The molecule has 104 valence electrons. The molecule has 1 fully saturated rings. The van der Waals surface area contributed by atoms with Crippen LogP contribution in [0.15, 0.2) is 12.3 Å². The minimum Gasteiger partial charge on any atom is -0.476 e. The molecule has 1 saturated heterocycles. The Hall–Kier alpha value is -1.14. The van der Waals surface area contributed by atoms with E-state index in [1.807, 2.05) is 27.7 Å². The Morgan fingerprint density at radius 3 is 2.58 bits per heavy atom. The summed E-state index contributed by atoms with van der Waals surface area (Å²) in [5.74, 6) is -1.74. The molecule has 0 amide bonds. The number of hydrogen-bond donors (Lipinski definition) is 0. The van der Waals surface area contributed by atoms with E-state index in [1.54, 1.807) is 0 Å². The molecule has 4 nitrogen and oxygen atoms in total. The smallest absolute Gasteiger partial charge is 0.476 e. The normalized spacial score (nSPS) is 25.9. The molecule has 0 spiro atoms. The molecular weight excluding hydrogens is 248 g/mol. The van der Waals surface area contributed by atoms with Gasteiger partial charge in [0.1, 0.15) is 0 Å². The second kappa shape index (κ2) is 4.76. The quantitative estimate of drug-likeness (QED) is 0.788. The van der Waals surface area contributed by atoms with Crippen LogP contribution in [0.1, 0.15) is 41.4 Å². The Balaban J connectivity index is 2.23. The van der Waals surface area contributed by atoms with E-state index in [-0.39, 0.29) is 5.46 Å². The van der Waals surface area contributed by atoms with Crippen LogP contribution >= 0.6 is 0 Å². The summed E-state index contributed by atoms with van der Waals surface area (Å²) >= 11 is 0. The van der Waals surface area contributed by atoms with E-state index < -0.39 is 43.4 Å². The van der Waals surface area contributed by atoms with Crippen molar-refractivity contribution in [1.29, 1.82) is 0 Å². The maximum absolute atomic E-state index is 14.2. The van der Waals surface area contributed by atoms with E-state index in [9.17, 15) is 4.39 Å². The zero-order valence-corrected chi connectivity index (χ0v) is 11.3. The molecule has 0 unspecified atom stereocenters. The third-order valence-electron chi connectivity index (χ3n) is 3.50. The van der Waals surface area contributed by atoms with E-state index >= 15 is 0 Å². The summed E-state index contributed by atoms with van der Waals surface area (Å²) in [6.07, 6.45) is 1.20. The molecule has 0 aromatic carbocycles. The van der Waals surface area contributed by atoms with Crippen molar-refractivity contribution in [2.45, 2.75) is 45.7 Å². The summed E-state index contributed by atoms with van der Waals surface area (Å²) < 4.78 is 66.2. The monoisotopic (exact) mass is 272 g/mol. The van der Waals surface area contributed by atoms with Crippen molar-refractivity contribution in [2.24, 2.45) is 0 Å². The van der Waals surface area contributed by atoms with Gasteiger partial charge < -0.3 is 14.0 Å². The van der Waals surface area contributed by atoms with E-state index in [0.29, 0.717) is 0 Å². The third-order valence-corrected chi connectivity index (χ3v) is 3.50. The lowest BCUT2D eigenvalue weighted by atomic mass is 9.80. The van der Waals surface area contributed by atoms with Gasteiger partial charge in [-0.1, -0.05) is 0 Å². The van der Waals surface area contributed by atoms with Crippen LogP contribution in [0.5, 0.6) is 5.88 Å². The molecule has 19 heavy (non-hydrogen) atoms. The van der Waals surface area contributed by atoms with Crippen LogP contribution in [0.4, 0.5) is 4.39 Å². The maximum atomic E-state index is 14.2. The number of pyridine rings is 1. The van der Waals surface area contributed by atoms with Gasteiger partial charge in [0.15, 0.2) is 5.82 Å². The maximum Gasteiger partial charge on any atom is 0.496 e. The van der Waals surface area contributed by atoms with E-state index in [0.717, 1.165) is 6.07 Å². The Morgan fingerprint density at radius 2 is 2.05 bits per heavy atom. The molecule has 0 bridgehead atoms. The molecule has 0 N–H and O–H groups in total. The minimum atomic E-state index is -3.08. The average molecular weight is 272 g/mol. The van der Waals surface area contributed by atoms with Crippen molar-refractivity contribution < 1.29 is 25.3 Å². The zero-order chi connectivity index (χ0) is 18.6. The zero-order valence-electron chi connectivity index (χ0n) is 16.3. The Bertz CT molecular complexity index is 623. The van der Waals surface area contributed by atoms with Gasteiger partial charge in [0.2, 0.25) is 5.88 Å². The van der Waals surface area contributed by atoms with Crippen LogP contribution in [0.3, 0.4) is 0 Å². The van der Waals surface area contributed by atoms with Crippen LogP contribution in [-0.2, 0) is 9.31 Å². The predicted molar refractivity (Wildman–Crippen MR) is 71.1 cm³/mol. The molecule has 2 rings (SSSR count). The molecule has 0 radical (unpaired) electrons. The SMILES string of the molecule is [2H]C([2H])([2H])C([2H])([2H])Oc1ncc(B2OC(C)(C)C(C)(C)O2)cc1F. The van der Waals surface area contributed by atoms with Gasteiger partial charge in [0, 0.05) is 15.8 Å². The van der Waals surface area contributed by atoms with Crippen molar-refractivity contribution in [1.82, 2.24) is 4.98 Å². The minimum absolute atomic E-state index is 0.285. The van der Waals surface area contributed by atoms with Gasteiger partial charge in [-0.3, -0.25) is 0 Å². The molecule has 1 aliphatic heterocycles. The average Bonchev–Trinajstić information content (AvgIpc) is 2.59. The van der Waals surface area contributed by atoms with Crippen molar-refractivity contribution >= 4 is 12.6 Å². The third kappa shape index (κ3) is 2.60. The summed E-state index contributed by atoms with van der Waals surface area (Å²) in [5, 5.41) is 0. The van der Waals surface area contributed by atoms with Gasteiger partial charge >= 0.3 is 7.12 Å². The largest absolute Gasteiger partial charge is 0.496 e. The van der Waals surface area contributed by atoms with Gasteiger partial charge in [-0.05, 0) is 40.6 Å². The van der Waals surface area contributed by atoms with E-state index in [4.69, 9.17) is 16.2 Å². The summed E-state index contributed by atoms with van der Waals surface area (Å²) in [6, 6.07) is 1.03. The molecule has 1 aromatic rings. The first-order valence-electron chi connectivity index (χ1n) is 8.36. The van der Waals surface area contributed by atoms with Crippen molar-refractivity contribution in [3.8, 4) is 5.88 Å². The molecule has 0 saturated carbocycles. The molecular formula is C13H19BFNO3. The highest BCUT2D eigenvalue weighted by atomic mass is 19.1. The molecule has 2 heterocycles. The lowest BCUT2D eigenvalue weighted by Gasteiger charge is -2.32. The molecule has 1 aliphatic rings. The molecule has 1 aromatic heterocycles. The number of rotatable bonds is 3. The highest BCUT2D eigenvalue weighted by Gasteiger charge is 2.51. The van der Waals surface area contributed by atoms with Crippen molar-refractivity contribution in [2.75, 3.05) is 6.56 Å². The topological polar surface area (TPSA) is 40.6 Å². The molecule has 6 heteroatoms. The Kier molecular flexibility index (Phi) is 2.23. The summed E-state index contributed by atoms with van der Waals surface area (Å²) in [6.45, 7) is 1.24. The van der Waals surface area contributed by atoms with Crippen LogP contribution in [0, 0.1) is 5.82 Å². The van der Waals surface area contributed by atoms with Crippen LogP contribution in [0.25, 0.3) is 0 Å². The highest BCUT2D eigenvalue weighted by molar-refractivity contribution is 6.62. The lowest BCUT2D eigenvalue weighted by Crippen LogP contribution is -2.41. The first kappa shape index (κ1) is 8.92. The van der Waals surface area contributed by atoms with Crippen LogP contribution in [0.2, 0.25) is 0 Å². The fourth-order valence-corrected chi connectivity index (χ4v) is 1.67. The summed E-state index contributed by atoms with van der Waals surface area (Å²) in [5.41, 5.74) is -0.933. The molecule has 0 atom stereocenters. The number of aromatic nitrogens is 1. The second-order valence-electron chi connectivity index (χ2n) is 5.35. The first-order valence-corrected chi connectivity index (χ1v) is 5.86. The van der Waals surface area contributed by atoms with Crippen molar-refractivity contribution in [3.63, 3.8) is 0 Å². The summed E-state index contributed by atoms with van der Waals surface area (Å²) in [4.78, 5) is 3.67. The lowest BCUT2D eigenvalue weighted by molar-refractivity contribution is 0.00578. The number of hydrogen-bond acceptors (Lipinski definition) is 4. The van der Waals surface area contributed by atoms with E-state index in [1.165, 1.54) is 6.20 Å². The van der Waals surface area contributed by atoms with Gasteiger partial charge in [0.05, 0.1) is 20.5 Å². The van der Waals surface area contributed by atoms with Gasteiger partial charge in [0.25, 0.3) is 0 Å². The van der Waals surface area contributed by atoms with Crippen molar-refractivity contribution in [3.05, 3.63) is 18.1 Å². The number of ether oxygens (including phenoxy) is 1. The van der Waals surface area contributed by atoms with Crippen LogP contribution < -0.4 is 10.2 Å². The summed E-state index contributed by atoms with van der Waals surface area (Å²) in [7, 11) is -0.842. The van der Waals surface area contributed by atoms with Gasteiger partial charge in [-0.25, -0.2) is 9.37 Å². The van der Waals surface area contributed by atoms with E-state index in [2.05, 4.69) is 9.72 Å². The highest BCUT2D eigenvalue weighted by Crippen LogP contribution is 2.36. The number of halogens is 1.